The number of nitrogens with one attached hydrogen (secondary N) is 1. The maximum Gasteiger partial charge on any atom is 0.243 e. The number of fused-ring (bicyclic) bond motifs is 1. The molecule has 1 N–H and O–H groups in total. The minimum absolute atomic E-state index is 0.299. The van der Waals surface area contributed by atoms with Crippen molar-refractivity contribution < 1.29 is 4.39 Å². The van der Waals surface area contributed by atoms with Crippen LogP contribution in [0.15, 0.2) is 18.3 Å². The molecule has 0 unspecified atom stereocenters. The van der Waals surface area contributed by atoms with Crippen molar-refractivity contribution in [3.05, 3.63) is 24.1 Å². The predicted molar refractivity (Wildman–Crippen MR) is 77.2 cm³/mol. The maximum atomic E-state index is 13.1. The lowest BCUT2D eigenvalue weighted by atomic mass is 9.81. The second-order valence-electron chi connectivity index (χ2n) is 5.76. The summed E-state index contributed by atoms with van der Waals surface area (Å²) >= 11 is 0. The van der Waals surface area contributed by atoms with E-state index < -0.39 is 0 Å². The molecule has 20 heavy (non-hydrogen) atoms. The molecule has 5 heteroatoms. The summed E-state index contributed by atoms with van der Waals surface area (Å²) in [5.74, 6) is 1.92. The number of hydrogen-bond donors (Lipinski definition) is 1. The number of rotatable bonds is 4. The standard InChI is InChI=1S/C15H21FN4/c1-2-11-3-5-12(6-4-11)9-17-15-18-14-8-7-13(16)10-20(14)19-15/h7-8,10-12H,2-6,9H2,1H3,(H,17,19). The van der Waals surface area contributed by atoms with Crippen molar-refractivity contribution in [2.75, 3.05) is 11.9 Å². The Morgan fingerprint density at radius 1 is 1.25 bits per heavy atom. The van der Waals surface area contributed by atoms with E-state index in [0.717, 1.165) is 12.5 Å². The summed E-state index contributed by atoms with van der Waals surface area (Å²) in [4.78, 5) is 4.34. The average molecular weight is 276 g/mol. The molecule has 4 nitrogen and oxygen atoms in total. The number of hydrogen-bond acceptors (Lipinski definition) is 3. The quantitative estimate of drug-likeness (QED) is 0.929. The van der Waals surface area contributed by atoms with Gasteiger partial charge in [-0.15, -0.1) is 5.10 Å². The molecule has 1 saturated carbocycles. The molecule has 0 bridgehead atoms. The van der Waals surface area contributed by atoms with Crippen LogP contribution < -0.4 is 5.32 Å². The highest BCUT2D eigenvalue weighted by atomic mass is 19.1. The summed E-state index contributed by atoms with van der Waals surface area (Å²) in [7, 11) is 0. The topological polar surface area (TPSA) is 42.2 Å². The molecule has 0 aromatic carbocycles. The van der Waals surface area contributed by atoms with Crippen LogP contribution >= 0.6 is 0 Å². The van der Waals surface area contributed by atoms with Crippen molar-refractivity contribution in [3.63, 3.8) is 0 Å². The lowest BCUT2D eigenvalue weighted by Gasteiger charge is -2.27. The van der Waals surface area contributed by atoms with Gasteiger partial charge in [0.25, 0.3) is 0 Å². The normalized spacial score (nSPS) is 23.1. The van der Waals surface area contributed by atoms with E-state index in [1.807, 2.05) is 0 Å². The molecule has 2 aromatic heterocycles. The predicted octanol–water partition coefficient (Wildman–Crippen LogP) is 3.50. The zero-order valence-corrected chi connectivity index (χ0v) is 11.8. The van der Waals surface area contributed by atoms with E-state index in [-0.39, 0.29) is 5.82 Å². The van der Waals surface area contributed by atoms with E-state index in [1.165, 1.54) is 48.9 Å². The zero-order chi connectivity index (χ0) is 13.9. The molecule has 2 heterocycles. The Balaban J connectivity index is 1.57. The average Bonchev–Trinajstić information content (AvgIpc) is 2.87. The monoisotopic (exact) mass is 276 g/mol. The van der Waals surface area contributed by atoms with Gasteiger partial charge in [-0.05, 0) is 36.8 Å². The molecular weight excluding hydrogens is 255 g/mol. The Kier molecular flexibility index (Phi) is 3.85. The van der Waals surface area contributed by atoms with E-state index in [1.54, 1.807) is 6.07 Å². The van der Waals surface area contributed by atoms with Crippen molar-refractivity contribution in [2.24, 2.45) is 11.8 Å². The first-order valence-corrected chi connectivity index (χ1v) is 7.50. The lowest BCUT2D eigenvalue weighted by molar-refractivity contribution is 0.278. The third kappa shape index (κ3) is 2.92. The molecule has 2 aromatic rings. The third-order valence-electron chi connectivity index (χ3n) is 4.39. The minimum atomic E-state index is -0.299. The van der Waals surface area contributed by atoms with Crippen LogP contribution in [0.3, 0.4) is 0 Å². The summed E-state index contributed by atoms with van der Waals surface area (Å²) < 4.78 is 14.6. The second kappa shape index (κ2) is 5.77. The minimum Gasteiger partial charge on any atom is -0.353 e. The van der Waals surface area contributed by atoms with Gasteiger partial charge in [0, 0.05) is 6.54 Å². The molecule has 1 aliphatic rings. The van der Waals surface area contributed by atoms with E-state index in [2.05, 4.69) is 22.3 Å². The summed E-state index contributed by atoms with van der Waals surface area (Å²) in [6.45, 7) is 3.19. The van der Waals surface area contributed by atoms with E-state index >= 15 is 0 Å². The van der Waals surface area contributed by atoms with Crippen molar-refractivity contribution >= 4 is 11.6 Å². The first-order valence-electron chi connectivity index (χ1n) is 7.50. The van der Waals surface area contributed by atoms with Crippen LogP contribution in [0, 0.1) is 17.7 Å². The Labute approximate surface area is 118 Å². The smallest absolute Gasteiger partial charge is 0.243 e. The fourth-order valence-electron chi connectivity index (χ4n) is 3.01. The van der Waals surface area contributed by atoms with Crippen molar-refractivity contribution in [3.8, 4) is 0 Å². The van der Waals surface area contributed by atoms with Crippen LogP contribution in [0.5, 0.6) is 0 Å². The van der Waals surface area contributed by atoms with E-state index in [9.17, 15) is 4.39 Å². The fraction of sp³-hybridized carbons (Fsp3) is 0.600. The molecule has 0 aliphatic heterocycles. The number of anilines is 1. The largest absolute Gasteiger partial charge is 0.353 e. The van der Waals surface area contributed by atoms with Crippen molar-refractivity contribution in [1.29, 1.82) is 0 Å². The van der Waals surface area contributed by atoms with Crippen LogP contribution in [0.1, 0.15) is 39.0 Å². The summed E-state index contributed by atoms with van der Waals surface area (Å²) in [5, 5.41) is 7.53. The third-order valence-corrected chi connectivity index (χ3v) is 4.39. The van der Waals surface area contributed by atoms with Gasteiger partial charge in [0.1, 0.15) is 5.82 Å². The van der Waals surface area contributed by atoms with Gasteiger partial charge in [-0.25, -0.2) is 8.91 Å². The maximum absolute atomic E-state index is 13.1. The SMILES string of the molecule is CCC1CCC(CNc2nc3ccc(F)cn3n2)CC1. The number of halogens is 1. The molecule has 0 atom stereocenters. The molecule has 0 radical (unpaired) electrons. The van der Waals surface area contributed by atoms with E-state index in [0.29, 0.717) is 17.5 Å². The van der Waals surface area contributed by atoms with Crippen molar-refractivity contribution in [2.45, 2.75) is 39.0 Å². The molecule has 0 spiro atoms. The molecular formula is C15H21FN4. The highest BCUT2D eigenvalue weighted by Crippen LogP contribution is 2.30. The van der Waals surface area contributed by atoms with Crippen LogP contribution in [0.25, 0.3) is 5.65 Å². The van der Waals surface area contributed by atoms with Crippen LogP contribution in [0.4, 0.5) is 10.3 Å². The Bertz CT molecular complexity index is 572. The van der Waals surface area contributed by atoms with Gasteiger partial charge < -0.3 is 5.32 Å². The van der Waals surface area contributed by atoms with Crippen LogP contribution in [0.2, 0.25) is 0 Å². The van der Waals surface area contributed by atoms with Gasteiger partial charge in [-0.2, -0.15) is 4.98 Å². The molecule has 0 saturated heterocycles. The first-order chi connectivity index (χ1) is 9.74. The summed E-state index contributed by atoms with van der Waals surface area (Å²) in [6, 6.07) is 3.04. The van der Waals surface area contributed by atoms with Gasteiger partial charge in [-0.1, -0.05) is 26.2 Å². The highest BCUT2D eigenvalue weighted by molar-refractivity contribution is 5.43. The molecule has 1 fully saturated rings. The molecule has 1 aliphatic carbocycles. The van der Waals surface area contributed by atoms with Gasteiger partial charge in [0.15, 0.2) is 5.65 Å². The summed E-state index contributed by atoms with van der Waals surface area (Å²) in [6.07, 6.45) is 7.90. The lowest BCUT2D eigenvalue weighted by Crippen LogP contribution is -2.21. The molecule has 3 rings (SSSR count). The van der Waals surface area contributed by atoms with Crippen LogP contribution in [-0.2, 0) is 0 Å². The Morgan fingerprint density at radius 2 is 2.00 bits per heavy atom. The van der Waals surface area contributed by atoms with Gasteiger partial charge in [-0.3, -0.25) is 0 Å². The summed E-state index contributed by atoms with van der Waals surface area (Å²) in [5.41, 5.74) is 0.670. The Morgan fingerprint density at radius 3 is 2.75 bits per heavy atom. The number of nitrogens with zero attached hydrogens (tertiary/aromatic N) is 3. The van der Waals surface area contributed by atoms with Gasteiger partial charge >= 0.3 is 0 Å². The molecule has 108 valence electrons. The van der Waals surface area contributed by atoms with Gasteiger partial charge in [0.05, 0.1) is 6.20 Å². The number of pyridine rings is 1. The van der Waals surface area contributed by atoms with Gasteiger partial charge in [0.2, 0.25) is 5.95 Å². The van der Waals surface area contributed by atoms with E-state index in [4.69, 9.17) is 0 Å². The zero-order valence-electron chi connectivity index (χ0n) is 11.8. The Hall–Kier alpha value is -1.65. The molecule has 0 amide bonds. The van der Waals surface area contributed by atoms with Crippen molar-refractivity contribution in [1.82, 2.24) is 14.6 Å². The first kappa shape index (κ1) is 13.3. The number of aromatic nitrogens is 3. The highest BCUT2D eigenvalue weighted by Gasteiger charge is 2.20. The second-order valence-corrected chi connectivity index (χ2v) is 5.76. The fourth-order valence-corrected chi connectivity index (χ4v) is 3.01. The van der Waals surface area contributed by atoms with Crippen LogP contribution in [-0.4, -0.2) is 21.1 Å².